The van der Waals surface area contributed by atoms with Gasteiger partial charge in [0, 0.05) is 13.0 Å². The van der Waals surface area contributed by atoms with Gasteiger partial charge in [-0.3, -0.25) is 4.79 Å². The van der Waals surface area contributed by atoms with Gasteiger partial charge in [0.15, 0.2) is 0 Å². The fraction of sp³-hybridized carbons (Fsp3) is 0.667. The minimum atomic E-state index is -1.13. The summed E-state index contributed by atoms with van der Waals surface area (Å²) in [6.07, 6.45) is 3.74. The lowest BCUT2D eigenvalue weighted by Crippen LogP contribution is -2.22. The van der Waals surface area contributed by atoms with Gasteiger partial charge in [-0.15, -0.1) is 0 Å². The lowest BCUT2D eigenvalue weighted by Gasteiger charge is -2.13. The average Bonchev–Trinajstić information content (AvgIpc) is 2.29. The highest BCUT2D eigenvalue weighted by Crippen LogP contribution is 2.11. The predicted octanol–water partition coefficient (Wildman–Crippen LogP) is 2.00. The number of rotatable bonds is 2. The van der Waals surface area contributed by atoms with Gasteiger partial charge in [0.05, 0.1) is 8.07 Å². The largest absolute Gasteiger partial charge is 0.320 e. The van der Waals surface area contributed by atoms with Gasteiger partial charge >= 0.3 is 0 Å². The quantitative estimate of drug-likeness (QED) is 0.600. The lowest BCUT2D eigenvalue weighted by molar-refractivity contribution is -0.125. The molecule has 1 heterocycles. The molecule has 0 aromatic rings. The fourth-order valence-corrected chi connectivity index (χ4v) is 1.77. The predicted molar refractivity (Wildman–Crippen MR) is 53.4 cm³/mol. The molecule has 1 fully saturated rings. The van der Waals surface area contributed by atoms with Gasteiger partial charge in [-0.25, -0.2) is 0 Å². The maximum absolute atomic E-state index is 11.2. The molecular weight excluding hydrogens is 166 g/mol. The Morgan fingerprint density at radius 2 is 2.08 bits per heavy atom. The average molecular weight is 183 g/mol. The van der Waals surface area contributed by atoms with Crippen LogP contribution in [0.25, 0.3) is 0 Å². The summed E-state index contributed by atoms with van der Waals surface area (Å²) >= 11 is 0. The minimum absolute atomic E-state index is 0.282. The molecule has 0 aromatic heterocycles. The van der Waals surface area contributed by atoms with Crippen LogP contribution in [0.15, 0.2) is 11.9 Å². The van der Waals surface area contributed by atoms with Gasteiger partial charge in [0.1, 0.15) is 0 Å². The van der Waals surface area contributed by atoms with E-state index in [-0.39, 0.29) is 5.91 Å². The zero-order valence-electron chi connectivity index (χ0n) is 8.13. The smallest absolute Gasteiger partial charge is 0.226 e. The van der Waals surface area contributed by atoms with Crippen molar-refractivity contribution in [1.29, 1.82) is 0 Å². The molecule has 0 unspecified atom stereocenters. The Hall–Kier alpha value is -0.573. The van der Waals surface area contributed by atoms with Gasteiger partial charge in [0.2, 0.25) is 5.91 Å². The summed E-state index contributed by atoms with van der Waals surface area (Å²) in [5, 5.41) is 0. The zero-order chi connectivity index (χ0) is 9.19. The van der Waals surface area contributed by atoms with E-state index in [4.69, 9.17) is 0 Å². The summed E-state index contributed by atoms with van der Waals surface area (Å²) in [7, 11) is -1.13. The Morgan fingerprint density at radius 3 is 2.50 bits per heavy atom. The van der Waals surface area contributed by atoms with Crippen molar-refractivity contribution in [2.75, 3.05) is 6.54 Å². The molecule has 2 nitrogen and oxygen atoms in total. The third-order valence-corrected chi connectivity index (χ3v) is 3.01. The van der Waals surface area contributed by atoms with Crippen molar-refractivity contribution in [2.45, 2.75) is 32.5 Å². The number of hydrogen-bond donors (Lipinski definition) is 0. The van der Waals surface area contributed by atoms with Crippen LogP contribution in [0.5, 0.6) is 0 Å². The number of carbonyl (C=O) groups excluding carboxylic acids is 1. The standard InChI is InChI=1S/C9H17NOSi/c1-12(2,3)8-7-10-6-4-5-9(10)11/h7-8H,4-6H2,1-3H3/b8-7+. The van der Waals surface area contributed by atoms with Crippen LogP contribution in [0.4, 0.5) is 0 Å². The molecule has 0 spiro atoms. The van der Waals surface area contributed by atoms with Crippen LogP contribution in [0, 0.1) is 0 Å². The molecule has 0 atom stereocenters. The second-order valence-electron chi connectivity index (χ2n) is 4.37. The third kappa shape index (κ3) is 2.81. The Balaban J connectivity index is 2.51. The Kier molecular flexibility index (Phi) is 2.72. The first-order valence-electron chi connectivity index (χ1n) is 4.48. The van der Waals surface area contributed by atoms with E-state index in [0.29, 0.717) is 0 Å². The summed E-state index contributed by atoms with van der Waals surface area (Å²) < 4.78 is 0. The summed E-state index contributed by atoms with van der Waals surface area (Å²) in [6.45, 7) is 7.72. The van der Waals surface area contributed by atoms with Gasteiger partial charge in [-0.05, 0) is 12.6 Å². The van der Waals surface area contributed by atoms with Crippen LogP contribution in [0.3, 0.4) is 0 Å². The van der Waals surface area contributed by atoms with Crippen LogP contribution in [0.1, 0.15) is 12.8 Å². The van der Waals surface area contributed by atoms with Gasteiger partial charge in [-0.1, -0.05) is 25.3 Å². The SMILES string of the molecule is C[Si](C)(C)/C=C/N1CCCC1=O. The first kappa shape index (κ1) is 9.51. The molecular formula is C9H17NOSi. The van der Waals surface area contributed by atoms with Crippen molar-refractivity contribution < 1.29 is 4.79 Å². The van der Waals surface area contributed by atoms with Crippen LogP contribution in [0.2, 0.25) is 19.6 Å². The number of nitrogens with zero attached hydrogens (tertiary/aromatic N) is 1. The van der Waals surface area contributed by atoms with E-state index >= 15 is 0 Å². The van der Waals surface area contributed by atoms with Crippen LogP contribution < -0.4 is 0 Å². The molecule has 0 radical (unpaired) electrons. The van der Waals surface area contributed by atoms with E-state index in [1.54, 1.807) is 0 Å². The minimum Gasteiger partial charge on any atom is -0.320 e. The number of hydrogen-bond acceptors (Lipinski definition) is 1. The second-order valence-corrected chi connectivity index (χ2v) is 9.44. The second kappa shape index (κ2) is 3.43. The van der Waals surface area contributed by atoms with E-state index in [0.717, 1.165) is 19.4 Å². The molecule has 3 heteroatoms. The number of likely N-dealkylation sites (tertiary alicyclic amines) is 1. The van der Waals surface area contributed by atoms with Crippen LogP contribution in [-0.4, -0.2) is 25.4 Å². The van der Waals surface area contributed by atoms with Crippen molar-refractivity contribution in [3.05, 3.63) is 11.9 Å². The maximum atomic E-state index is 11.2. The number of amides is 1. The molecule has 12 heavy (non-hydrogen) atoms. The van der Waals surface area contributed by atoms with Gasteiger partial charge in [-0.2, -0.15) is 0 Å². The van der Waals surface area contributed by atoms with E-state index in [1.165, 1.54) is 0 Å². The highest BCUT2D eigenvalue weighted by molar-refractivity contribution is 6.80. The fourth-order valence-electron chi connectivity index (χ4n) is 1.14. The molecule has 1 rings (SSSR count). The molecule has 1 aliphatic rings. The Bertz CT molecular complexity index is 205. The highest BCUT2D eigenvalue weighted by atomic mass is 28.3. The molecule has 0 bridgehead atoms. The van der Waals surface area contributed by atoms with Crippen LogP contribution >= 0.6 is 0 Å². The Morgan fingerprint density at radius 1 is 1.42 bits per heavy atom. The first-order valence-corrected chi connectivity index (χ1v) is 8.06. The monoisotopic (exact) mass is 183 g/mol. The molecule has 0 aliphatic carbocycles. The first-order chi connectivity index (χ1) is 5.49. The van der Waals surface area contributed by atoms with E-state index < -0.39 is 8.07 Å². The van der Waals surface area contributed by atoms with Crippen molar-refractivity contribution in [1.82, 2.24) is 4.90 Å². The number of carbonyl (C=O) groups is 1. The molecule has 1 saturated heterocycles. The Labute approximate surface area is 75.3 Å². The molecule has 68 valence electrons. The van der Waals surface area contributed by atoms with Crippen molar-refractivity contribution in [3.63, 3.8) is 0 Å². The van der Waals surface area contributed by atoms with Crippen LogP contribution in [-0.2, 0) is 4.79 Å². The van der Waals surface area contributed by atoms with Crippen molar-refractivity contribution >= 4 is 14.0 Å². The summed E-state index contributed by atoms with van der Waals surface area (Å²) in [6, 6.07) is 0. The van der Waals surface area contributed by atoms with E-state index in [2.05, 4.69) is 25.3 Å². The normalized spacial score (nSPS) is 19.6. The third-order valence-electron chi connectivity index (χ3n) is 1.86. The van der Waals surface area contributed by atoms with Crippen molar-refractivity contribution in [2.24, 2.45) is 0 Å². The van der Waals surface area contributed by atoms with Gasteiger partial charge in [0.25, 0.3) is 0 Å². The molecule has 1 aliphatic heterocycles. The van der Waals surface area contributed by atoms with E-state index in [9.17, 15) is 4.79 Å². The molecule has 0 N–H and O–H groups in total. The molecule has 0 saturated carbocycles. The maximum Gasteiger partial charge on any atom is 0.226 e. The van der Waals surface area contributed by atoms with E-state index in [1.807, 2.05) is 11.1 Å². The molecule has 0 aromatic carbocycles. The summed E-state index contributed by atoms with van der Waals surface area (Å²) in [4.78, 5) is 13.0. The summed E-state index contributed by atoms with van der Waals surface area (Å²) in [5.41, 5.74) is 2.22. The zero-order valence-corrected chi connectivity index (χ0v) is 9.13. The summed E-state index contributed by atoms with van der Waals surface area (Å²) in [5.74, 6) is 0.282. The van der Waals surface area contributed by atoms with Crippen molar-refractivity contribution in [3.8, 4) is 0 Å². The van der Waals surface area contributed by atoms with Gasteiger partial charge < -0.3 is 4.90 Å². The highest BCUT2D eigenvalue weighted by Gasteiger charge is 2.18. The molecule has 1 amide bonds. The topological polar surface area (TPSA) is 20.3 Å². The lowest BCUT2D eigenvalue weighted by atomic mass is 10.4.